The average Bonchev–Trinajstić information content (AvgIpc) is 3.44. The van der Waals surface area contributed by atoms with Crippen LogP contribution in [0.5, 0.6) is 0 Å². The zero-order chi connectivity index (χ0) is 34.8. The lowest BCUT2D eigenvalue weighted by Crippen LogP contribution is -2.35. The molecule has 2 unspecified atom stereocenters. The Labute approximate surface area is 290 Å². The van der Waals surface area contributed by atoms with Gasteiger partial charge in [0.25, 0.3) is 0 Å². The number of rotatable bonds is 10. The van der Waals surface area contributed by atoms with Crippen LogP contribution >= 0.6 is 22.7 Å². The Morgan fingerprint density at radius 2 is 1.50 bits per heavy atom. The van der Waals surface area contributed by atoms with E-state index >= 15 is 0 Å². The SMILES string of the molecule is CC(N)c1ccc(-c2sc([C@H]3CC3CC[C@H](NC(=O)OC(C)(C)C)c3ccc(-c4scnc4NC(=O)OC(C)(C)C)cc3)nc2N)cc1. The smallest absolute Gasteiger partial charge is 0.413 e. The van der Waals surface area contributed by atoms with Gasteiger partial charge in [-0.2, -0.15) is 0 Å². The topological polar surface area (TPSA) is 154 Å². The number of alkyl carbamates (subject to hydrolysis) is 1. The first kappa shape index (κ1) is 35.3. The van der Waals surface area contributed by atoms with Gasteiger partial charge in [0.2, 0.25) is 0 Å². The number of nitrogen functional groups attached to an aromatic ring is 1. The summed E-state index contributed by atoms with van der Waals surface area (Å²) in [7, 11) is 0. The summed E-state index contributed by atoms with van der Waals surface area (Å²) in [5, 5.41) is 6.92. The third kappa shape index (κ3) is 9.33. The molecule has 2 amide bonds. The van der Waals surface area contributed by atoms with Crippen LogP contribution in [0.25, 0.3) is 20.9 Å². The highest BCUT2D eigenvalue weighted by atomic mass is 32.1. The Morgan fingerprint density at radius 1 is 0.917 bits per heavy atom. The fourth-order valence-corrected chi connectivity index (χ4v) is 7.43. The van der Waals surface area contributed by atoms with E-state index in [0.29, 0.717) is 23.5 Å². The summed E-state index contributed by atoms with van der Waals surface area (Å²) < 4.78 is 11.0. The first-order valence-electron chi connectivity index (χ1n) is 16.2. The van der Waals surface area contributed by atoms with Gasteiger partial charge in [0, 0.05) is 12.0 Å². The molecule has 4 aromatic rings. The van der Waals surface area contributed by atoms with Crippen molar-refractivity contribution >= 4 is 46.5 Å². The summed E-state index contributed by atoms with van der Waals surface area (Å²) in [6.07, 6.45) is 1.66. The van der Waals surface area contributed by atoms with Crippen molar-refractivity contribution in [2.75, 3.05) is 11.1 Å². The lowest BCUT2D eigenvalue weighted by molar-refractivity contribution is 0.0499. The minimum atomic E-state index is -0.619. The normalized spacial score (nSPS) is 17.3. The molecule has 0 spiro atoms. The van der Waals surface area contributed by atoms with Gasteiger partial charge in [-0.15, -0.1) is 22.7 Å². The molecule has 6 N–H and O–H groups in total. The van der Waals surface area contributed by atoms with Gasteiger partial charge in [-0.25, -0.2) is 19.6 Å². The summed E-state index contributed by atoms with van der Waals surface area (Å²) in [5.74, 6) is 1.80. The summed E-state index contributed by atoms with van der Waals surface area (Å²) in [4.78, 5) is 36.2. The zero-order valence-corrected chi connectivity index (χ0v) is 30.3. The van der Waals surface area contributed by atoms with Gasteiger partial charge in [-0.1, -0.05) is 48.5 Å². The van der Waals surface area contributed by atoms with Crippen LogP contribution in [0.1, 0.15) is 102 Å². The summed E-state index contributed by atoms with van der Waals surface area (Å²) >= 11 is 3.09. The maximum Gasteiger partial charge on any atom is 0.413 e. The van der Waals surface area contributed by atoms with Crippen LogP contribution < -0.4 is 22.1 Å². The Hall–Kier alpha value is -4.00. The number of nitrogens with two attached hydrogens (primary N) is 2. The maximum absolute atomic E-state index is 12.9. The van der Waals surface area contributed by atoms with Crippen molar-refractivity contribution < 1.29 is 19.1 Å². The van der Waals surface area contributed by atoms with E-state index in [0.717, 1.165) is 56.3 Å². The van der Waals surface area contributed by atoms with Crippen molar-refractivity contribution in [2.24, 2.45) is 11.7 Å². The molecule has 1 aliphatic rings. The maximum atomic E-state index is 12.9. The molecule has 1 fully saturated rings. The van der Waals surface area contributed by atoms with Crippen LogP contribution in [0, 0.1) is 5.92 Å². The summed E-state index contributed by atoms with van der Waals surface area (Å²) in [6, 6.07) is 15.9. The van der Waals surface area contributed by atoms with Gasteiger partial charge < -0.3 is 26.3 Å². The molecule has 0 bridgehead atoms. The van der Waals surface area contributed by atoms with Crippen molar-refractivity contribution in [2.45, 2.75) is 96.9 Å². The molecule has 48 heavy (non-hydrogen) atoms. The number of aromatic nitrogens is 2. The lowest BCUT2D eigenvalue weighted by atomic mass is 9.98. The molecule has 256 valence electrons. The van der Waals surface area contributed by atoms with Crippen molar-refractivity contribution in [1.29, 1.82) is 0 Å². The number of carbonyl (C=O) groups excluding carboxylic acids is 2. The van der Waals surface area contributed by atoms with Gasteiger partial charge in [-0.3, -0.25) is 5.32 Å². The standard InChI is InChI=1S/C36H46N6O4S2/c1-20(37)21-8-12-23(13-9-21)28-30(38)41-32(48-28)26-18-25(26)16-17-27(40-33(43)45-35(2,3)4)22-10-14-24(15-11-22)29-31(39-19-47-29)42-34(44)46-36(5,6)7/h8-15,19-20,25-27H,16-18,37-38H2,1-7H3,(H,40,43)(H,42,44)/t20?,25?,26-,27-/m0/s1. The number of benzene rings is 2. The number of anilines is 2. The molecule has 0 aliphatic heterocycles. The second-order valence-electron chi connectivity index (χ2n) is 14.3. The highest BCUT2D eigenvalue weighted by molar-refractivity contribution is 7.16. The average molecular weight is 691 g/mol. The molecule has 12 heteroatoms. The van der Waals surface area contributed by atoms with E-state index in [4.69, 9.17) is 25.9 Å². The van der Waals surface area contributed by atoms with Gasteiger partial charge in [0.05, 0.1) is 26.3 Å². The molecule has 2 aromatic carbocycles. The predicted molar refractivity (Wildman–Crippen MR) is 194 cm³/mol. The van der Waals surface area contributed by atoms with Crippen LogP contribution in [0.2, 0.25) is 0 Å². The first-order valence-corrected chi connectivity index (χ1v) is 17.9. The zero-order valence-electron chi connectivity index (χ0n) is 28.6. The quantitative estimate of drug-likeness (QED) is 0.129. The fraction of sp³-hybridized carbons (Fsp3) is 0.444. The predicted octanol–water partition coefficient (Wildman–Crippen LogP) is 9.03. The van der Waals surface area contributed by atoms with Crippen LogP contribution in [0.15, 0.2) is 54.0 Å². The molecule has 0 radical (unpaired) electrons. The molecule has 4 atom stereocenters. The van der Waals surface area contributed by atoms with E-state index in [-0.39, 0.29) is 12.1 Å². The molecule has 10 nitrogen and oxygen atoms in total. The Kier molecular flexibility index (Phi) is 10.5. The van der Waals surface area contributed by atoms with E-state index in [9.17, 15) is 9.59 Å². The van der Waals surface area contributed by atoms with Crippen LogP contribution in [-0.4, -0.2) is 33.4 Å². The number of ether oxygens (including phenoxy) is 2. The Morgan fingerprint density at radius 3 is 2.10 bits per heavy atom. The van der Waals surface area contributed by atoms with Crippen molar-refractivity contribution in [3.05, 3.63) is 70.2 Å². The molecule has 5 rings (SSSR count). The van der Waals surface area contributed by atoms with Gasteiger partial charge in [-0.05, 0) is 95.9 Å². The molecular formula is C36H46N6O4S2. The largest absolute Gasteiger partial charge is 0.444 e. The molecule has 2 heterocycles. The number of hydrogen-bond donors (Lipinski definition) is 4. The van der Waals surface area contributed by atoms with E-state index in [1.165, 1.54) is 11.3 Å². The van der Waals surface area contributed by atoms with E-state index < -0.39 is 23.4 Å². The number of nitrogens with zero attached hydrogens (tertiary/aromatic N) is 2. The number of nitrogens with one attached hydrogen (secondary N) is 2. The van der Waals surface area contributed by atoms with Gasteiger partial charge in [0.1, 0.15) is 17.0 Å². The Balaban J connectivity index is 1.27. The number of thiazole rings is 2. The first-order chi connectivity index (χ1) is 22.6. The second-order valence-corrected chi connectivity index (χ2v) is 16.2. The van der Waals surface area contributed by atoms with Crippen LogP contribution in [0.3, 0.4) is 0 Å². The minimum Gasteiger partial charge on any atom is -0.444 e. The molecular weight excluding hydrogens is 645 g/mol. The molecule has 1 saturated carbocycles. The third-order valence-corrected chi connectivity index (χ3v) is 10.0. The monoisotopic (exact) mass is 690 g/mol. The molecule has 0 saturated heterocycles. The minimum absolute atomic E-state index is 0.0218. The molecule has 2 aromatic heterocycles. The van der Waals surface area contributed by atoms with Gasteiger partial charge in [0.15, 0.2) is 5.82 Å². The molecule has 1 aliphatic carbocycles. The number of amides is 2. The second kappa shape index (κ2) is 14.2. The Bertz CT molecular complexity index is 1720. The summed E-state index contributed by atoms with van der Waals surface area (Å²) in [6.45, 7) is 13.0. The van der Waals surface area contributed by atoms with Crippen LogP contribution in [0.4, 0.5) is 21.2 Å². The number of carbonyl (C=O) groups is 2. The van der Waals surface area contributed by atoms with E-state index in [1.54, 1.807) is 16.8 Å². The highest BCUT2D eigenvalue weighted by Crippen LogP contribution is 2.53. The summed E-state index contributed by atoms with van der Waals surface area (Å²) in [5.41, 5.74) is 16.8. The van der Waals surface area contributed by atoms with Crippen molar-refractivity contribution in [1.82, 2.24) is 15.3 Å². The van der Waals surface area contributed by atoms with Crippen LogP contribution in [-0.2, 0) is 9.47 Å². The van der Waals surface area contributed by atoms with E-state index in [2.05, 4.69) is 27.8 Å². The van der Waals surface area contributed by atoms with E-state index in [1.807, 2.05) is 84.9 Å². The van der Waals surface area contributed by atoms with Crippen molar-refractivity contribution in [3.63, 3.8) is 0 Å². The number of hydrogen-bond acceptors (Lipinski definition) is 10. The van der Waals surface area contributed by atoms with Gasteiger partial charge >= 0.3 is 12.2 Å². The third-order valence-electron chi connectivity index (χ3n) is 7.89. The van der Waals surface area contributed by atoms with Crippen molar-refractivity contribution in [3.8, 4) is 20.9 Å². The highest BCUT2D eigenvalue weighted by Gasteiger charge is 2.41. The lowest BCUT2D eigenvalue weighted by Gasteiger charge is -2.24. The fourth-order valence-electron chi connectivity index (χ4n) is 5.48.